The number of amides is 3. The Morgan fingerprint density at radius 3 is 2.38 bits per heavy atom. The number of anilines is 1. The Balaban J connectivity index is 1.12. The van der Waals surface area contributed by atoms with E-state index in [1.54, 1.807) is 48.5 Å². The Morgan fingerprint density at radius 2 is 1.62 bits per heavy atom. The molecule has 2 heterocycles. The number of hydrogen-bond acceptors (Lipinski definition) is 8. The number of nitrogens with zero attached hydrogens (tertiary/aromatic N) is 1. The molecule has 0 aromatic heterocycles. The van der Waals surface area contributed by atoms with Gasteiger partial charge in [-0.15, -0.1) is 0 Å². The first-order valence-corrected chi connectivity index (χ1v) is 12.2. The van der Waals surface area contributed by atoms with Crippen molar-refractivity contribution in [2.75, 3.05) is 31.9 Å². The molecule has 188 valence electrons. The zero-order valence-corrected chi connectivity index (χ0v) is 20.4. The van der Waals surface area contributed by atoms with E-state index < -0.39 is 23.6 Å². The maximum absolute atomic E-state index is 12.8. The lowest BCUT2D eigenvalue weighted by atomic mass is 10.2. The first-order chi connectivity index (χ1) is 18.0. The second kappa shape index (κ2) is 11.1. The first kappa shape index (κ1) is 24.3. The molecule has 3 aromatic carbocycles. The number of hydrogen-bond donors (Lipinski definition) is 1. The van der Waals surface area contributed by atoms with Crippen LogP contribution in [0.1, 0.15) is 5.56 Å². The van der Waals surface area contributed by atoms with Gasteiger partial charge in [-0.1, -0.05) is 30.3 Å². The number of rotatable bonds is 9. The number of ether oxygens (including phenoxy) is 4. The quantitative estimate of drug-likeness (QED) is 0.325. The van der Waals surface area contributed by atoms with Crippen molar-refractivity contribution in [3.05, 3.63) is 83.3 Å². The Bertz CT molecular complexity index is 1340. The van der Waals surface area contributed by atoms with Crippen molar-refractivity contribution in [2.45, 2.75) is 0 Å². The van der Waals surface area contributed by atoms with Crippen molar-refractivity contribution in [2.24, 2.45) is 0 Å². The third kappa shape index (κ3) is 6.04. The van der Waals surface area contributed by atoms with Crippen LogP contribution < -0.4 is 24.3 Å². The fourth-order valence-electron chi connectivity index (χ4n) is 3.60. The highest BCUT2D eigenvalue weighted by atomic mass is 32.2. The molecule has 9 nitrogen and oxygen atoms in total. The van der Waals surface area contributed by atoms with Gasteiger partial charge in [-0.2, -0.15) is 0 Å². The van der Waals surface area contributed by atoms with E-state index in [4.69, 9.17) is 18.9 Å². The fraction of sp³-hybridized carbons (Fsp3) is 0.148. The van der Waals surface area contributed by atoms with E-state index in [0.29, 0.717) is 36.1 Å². The molecule has 1 N–H and O–H groups in total. The number of imide groups is 1. The van der Waals surface area contributed by atoms with E-state index in [1.807, 2.05) is 30.3 Å². The van der Waals surface area contributed by atoms with Crippen LogP contribution in [0, 0.1) is 0 Å². The molecule has 0 atom stereocenters. The van der Waals surface area contributed by atoms with Crippen LogP contribution in [-0.4, -0.2) is 48.5 Å². The van der Waals surface area contributed by atoms with Crippen molar-refractivity contribution < 1.29 is 33.3 Å². The Kier molecular flexibility index (Phi) is 7.27. The summed E-state index contributed by atoms with van der Waals surface area (Å²) in [5.41, 5.74) is 1.20. The smallest absolute Gasteiger partial charge is 0.294 e. The molecule has 3 aromatic rings. The van der Waals surface area contributed by atoms with Crippen LogP contribution in [-0.2, 0) is 9.59 Å². The van der Waals surface area contributed by atoms with Gasteiger partial charge in [-0.25, -0.2) is 0 Å². The zero-order valence-electron chi connectivity index (χ0n) is 19.5. The van der Waals surface area contributed by atoms with Gasteiger partial charge in [-0.05, 0) is 59.8 Å². The van der Waals surface area contributed by atoms with Crippen molar-refractivity contribution >= 4 is 40.6 Å². The molecule has 0 spiro atoms. The average molecular weight is 519 g/mol. The average Bonchev–Trinajstić information content (AvgIpc) is 3.48. The molecule has 0 saturated carbocycles. The topological polar surface area (TPSA) is 103 Å². The molecule has 0 radical (unpaired) electrons. The Hall–Kier alpha value is -4.44. The van der Waals surface area contributed by atoms with Gasteiger partial charge in [-0.3, -0.25) is 19.3 Å². The van der Waals surface area contributed by atoms with Gasteiger partial charge < -0.3 is 24.3 Å². The Morgan fingerprint density at radius 1 is 0.919 bits per heavy atom. The minimum absolute atomic E-state index is 0.120. The van der Waals surface area contributed by atoms with Crippen LogP contribution >= 0.6 is 11.8 Å². The summed E-state index contributed by atoms with van der Waals surface area (Å²) in [5, 5.41) is 2.16. The van der Waals surface area contributed by atoms with Crippen molar-refractivity contribution in [1.29, 1.82) is 0 Å². The lowest BCUT2D eigenvalue weighted by Gasteiger charge is -2.12. The van der Waals surface area contributed by atoms with Crippen LogP contribution in [0.15, 0.2) is 77.7 Å². The molecule has 5 rings (SSSR count). The molecule has 10 heteroatoms. The number of benzene rings is 3. The predicted octanol–water partition coefficient (Wildman–Crippen LogP) is 4.55. The van der Waals surface area contributed by atoms with Gasteiger partial charge in [0.25, 0.3) is 11.1 Å². The number of carbonyl (C=O) groups excluding carboxylic acids is 3. The van der Waals surface area contributed by atoms with Gasteiger partial charge in [0.15, 0.2) is 11.5 Å². The van der Waals surface area contributed by atoms with Crippen LogP contribution in [0.3, 0.4) is 0 Å². The number of nitrogens with one attached hydrogen (secondary N) is 1. The van der Waals surface area contributed by atoms with Gasteiger partial charge in [0, 0.05) is 11.8 Å². The molecule has 0 aliphatic carbocycles. The Labute approximate surface area is 217 Å². The number of thioether (sulfide) groups is 1. The lowest BCUT2D eigenvalue weighted by Crippen LogP contribution is -2.36. The van der Waals surface area contributed by atoms with Crippen molar-refractivity contribution in [1.82, 2.24) is 4.90 Å². The third-order valence-corrected chi connectivity index (χ3v) is 6.28. The third-order valence-electron chi connectivity index (χ3n) is 5.37. The maximum atomic E-state index is 12.8. The number of para-hydroxylation sites is 1. The highest BCUT2D eigenvalue weighted by molar-refractivity contribution is 8.18. The van der Waals surface area contributed by atoms with E-state index in [9.17, 15) is 14.4 Å². The van der Waals surface area contributed by atoms with E-state index in [0.717, 1.165) is 28.0 Å². The zero-order chi connectivity index (χ0) is 25.6. The van der Waals surface area contributed by atoms with E-state index in [2.05, 4.69) is 5.32 Å². The summed E-state index contributed by atoms with van der Waals surface area (Å²) in [7, 11) is 0. The van der Waals surface area contributed by atoms with Gasteiger partial charge >= 0.3 is 0 Å². The maximum Gasteiger partial charge on any atom is 0.294 e. The van der Waals surface area contributed by atoms with Gasteiger partial charge in [0.05, 0.1) is 4.91 Å². The molecular weight excluding hydrogens is 496 g/mol. The summed E-state index contributed by atoms with van der Waals surface area (Å²) in [4.78, 5) is 38.8. The molecule has 0 bridgehead atoms. The highest BCUT2D eigenvalue weighted by Crippen LogP contribution is 2.35. The number of carbonyl (C=O) groups is 3. The monoisotopic (exact) mass is 518 g/mol. The fourth-order valence-corrected chi connectivity index (χ4v) is 4.44. The molecule has 37 heavy (non-hydrogen) atoms. The summed E-state index contributed by atoms with van der Waals surface area (Å²) in [6, 6.07) is 21.6. The molecule has 1 fully saturated rings. The van der Waals surface area contributed by atoms with Gasteiger partial charge in [0.1, 0.15) is 31.3 Å². The summed E-state index contributed by atoms with van der Waals surface area (Å²) in [6.07, 6.45) is 1.61. The molecular formula is C27H22N2O7S. The summed E-state index contributed by atoms with van der Waals surface area (Å²) < 4.78 is 21.8. The molecule has 2 aliphatic rings. The van der Waals surface area contributed by atoms with E-state index >= 15 is 0 Å². The summed E-state index contributed by atoms with van der Waals surface area (Å²) in [6.45, 7) is 0.506. The number of fused-ring (bicyclic) bond motifs is 1. The predicted molar refractivity (Wildman–Crippen MR) is 138 cm³/mol. The summed E-state index contributed by atoms with van der Waals surface area (Å²) in [5.74, 6) is 1.52. The van der Waals surface area contributed by atoms with E-state index in [1.165, 1.54) is 0 Å². The minimum atomic E-state index is -0.519. The van der Waals surface area contributed by atoms with Crippen molar-refractivity contribution in [3.63, 3.8) is 0 Å². The largest absolute Gasteiger partial charge is 0.490 e. The second-order valence-corrected chi connectivity index (χ2v) is 8.96. The summed E-state index contributed by atoms with van der Waals surface area (Å²) >= 11 is 0.794. The lowest BCUT2D eigenvalue weighted by molar-refractivity contribution is -0.127. The minimum Gasteiger partial charge on any atom is -0.490 e. The van der Waals surface area contributed by atoms with Crippen LogP contribution in [0.4, 0.5) is 10.5 Å². The van der Waals surface area contributed by atoms with Crippen LogP contribution in [0.2, 0.25) is 0 Å². The van der Waals surface area contributed by atoms with Gasteiger partial charge in [0.2, 0.25) is 12.7 Å². The molecule has 2 aliphatic heterocycles. The molecule has 3 amide bonds. The highest BCUT2D eigenvalue weighted by Gasteiger charge is 2.36. The van der Waals surface area contributed by atoms with Crippen LogP contribution in [0.5, 0.6) is 23.0 Å². The first-order valence-electron chi connectivity index (χ1n) is 11.4. The standard InChI is InChI=1S/C27H22N2O7S/c30-25(28-19-8-11-22-23(15-19)36-17-35-22)16-29-26(31)24(37-27(29)32)14-18-6-9-21(10-7-18)34-13-12-33-20-4-2-1-3-5-20/h1-11,14-15H,12-13,16-17H2,(H,28,30)/b24-14+. The molecule has 1 saturated heterocycles. The van der Waals surface area contributed by atoms with Crippen molar-refractivity contribution in [3.8, 4) is 23.0 Å². The molecule has 0 unspecified atom stereocenters. The SMILES string of the molecule is O=C(CN1C(=O)S/C(=C/c2ccc(OCCOc3ccccc3)cc2)C1=O)Nc1ccc2c(c1)OCO2. The normalized spacial score (nSPS) is 15.2. The second-order valence-electron chi connectivity index (χ2n) is 7.96. The van der Waals surface area contributed by atoms with Crippen LogP contribution in [0.25, 0.3) is 6.08 Å². The van der Waals surface area contributed by atoms with E-state index in [-0.39, 0.29) is 11.7 Å².